The van der Waals surface area contributed by atoms with Crippen LogP contribution < -0.4 is 5.73 Å². The van der Waals surface area contributed by atoms with E-state index in [1.54, 1.807) is 0 Å². The molecule has 2 unspecified atom stereocenters. The summed E-state index contributed by atoms with van der Waals surface area (Å²) >= 11 is 0. The smallest absolute Gasteiger partial charge is 0.227 e. The van der Waals surface area contributed by atoms with Gasteiger partial charge in [-0.2, -0.15) is 0 Å². The first-order chi connectivity index (χ1) is 9.11. The van der Waals surface area contributed by atoms with Crippen molar-refractivity contribution in [3.05, 3.63) is 0 Å². The van der Waals surface area contributed by atoms with E-state index in [9.17, 15) is 4.79 Å². The highest BCUT2D eigenvalue weighted by Crippen LogP contribution is 2.23. The lowest BCUT2D eigenvalue weighted by molar-refractivity contribution is -0.134. The molecule has 19 heavy (non-hydrogen) atoms. The highest BCUT2D eigenvalue weighted by Gasteiger charge is 2.33. The van der Waals surface area contributed by atoms with Crippen molar-refractivity contribution in [1.82, 2.24) is 9.80 Å². The van der Waals surface area contributed by atoms with Gasteiger partial charge in [-0.25, -0.2) is 0 Å². The number of carbonyl (C=O) groups is 1. The van der Waals surface area contributed by atoms with Gasteiger partial charge in [0.25, 0.3) is 0 Å². The van der Waals surface area contributed by atoms with E-state index in [0.717, 1.165) is 25.9 Å². The zero-order valence-corrected chi connectivity index (χ0v) is 12.5. The van der Waals surface area contributed by atoms with Gasteiger partial charge in [0, 0.05) is 25.7 Å². The summed E-state index contributed by atoms with van der Waals surface area (Å²) in [5, 5.41) is 0. The summed E-state index contributed by atoms with van der Waals surface area (Å²) in [5.74, 6) is 0.852. The van der Waals surface area contributed by atoms with Gasteiger partial charge in [0.15, 0.2) is 0 Å². The molecule has 2 fully saturated rings. The van der Waals surface area contributed by atoms with Crippen molar-refractivity contribution in [2.45, 2.75) is 45.6 Å². The molecule has 2 rings (SSSR count). The molecule has 2 saturated heterocycles. The first-order valence-electron chi connectivity index (χ1n) is 7.84. The Morgan fingerprint density at radius 2 is 1.95 bits per heavy atom. The first-order valence-corrected chi connectivity index (χ1v) is 7.84. The number of nitrogens with two attached hydrogens (primary N) is 1. The topological polar surface area (TPSA) is 49.6 Å². The van der Waals surface area contributed by atoms with E-state index in [-0.39, 0.29) is 11.8 Å². The van der Waals surface area contributed by atoms with E-state index < -0.39 is 0 Å². The van der Waals surface area contributed by atoms with Gasteiger partial charge in [-0.05, 0) is 44.7 Å². The summed E-state index contributed by atoms with van der Waals surface area (Å²) in [6.45, 7) is 9.10. The minimum atomic E-state index is 0.0253. The van der Waals surface area contributed by atoms with Gasteiger partial charge in [0.1, 0.15) is 0 Å². The fourth-order valence-electron chi connectivity index (χ4n) is 3.47. The normalized spacial score (nSPS) is 26.3. The van der Waals surface area contributed by atoms with Crippen molar-refractivity contribution in [1.29, 1.82) is 0 Å². The molecule has 1 amide bonds. The Hall–Kier alpha value is -0.610. The predicted molar refractivity (Wildman–Crippen MR) is 77.8 cm³/mol. The molecule has 0 spiro atoms. The average molecular weight is 267 g/mol. The number of nitrogens with zero attached hydrogens (tertiary/aromatic N) is 2. The molecule has 0 bridgehead atoms. The molecule has 4 nitrogen and oxygen atoms in total. The maximum Gasteiger partial charge on any atom is 0.227 e. The van der Waals surface area contributed by atoms with Crippen molar-refractivity contribution in [3.8, 4) is 0 Å². The minimum Gasteiger partial charge on any atom is -0.341 e. The molecule has 110 valence electrons. The molecule has 4 heteroatoms. The number of hydrogen-bond acceptors (Lipinski definition) is 3. The molecular formula is C15H29N3O. The summed E-state index contributed by atoms with van der Waals surface area (Å²) in [6.07, 6.45) is 4.71. The van der Waals surface area contributed by atoms with Gasteiger partial charge in [0.2, 0.25) is 5.91 Å². The van der Waals surface area contributed by atoms with E-state index >= 15 is 0 Å². The summed E-state index contributed by atoms with van der Waals surface area (Å²) in [5.41, 5.74) is 5.79. The molecule has 0 saturated carbocycles. The third kappa shape index (κ3) is 3.69. The predicted octanol–water partition coefficient (Wildman–Crippen LogP) is 1.30. The van der Waals surface area contributed by atoms with Crippen LogP contribution in [0.15, 0.2) is 0 Å². The molecular weight excluding hydrogens is 238 g/mol. The lowest BCUT2D eigenvalue weighted by Crippen LogP contribution is -2.41. The second-order valence-corrected chi connectivity index (χ2v) is 6.53. The Morgan fingerprint density at radius 1 is 1.26 bits per heavy atom. The Balaban J connectivity index is 1.86. The van der Waals surface area contributed by atoms with Crippen molar-refractivity contribution < 1.29 is 4.79 Å². The number of hydrogen-bond donors (Lipinski definition) is 1. The van der Waals surface area contributed by atoms with Crippen LogP contribution in [0.5, 0.6) is 0 Å². The SMILES string of the molecule is CC(C)CC(CN)C(=O)N1CCC(N2CCCC2)C1. The Morgan fingerprint density at radius 3 is 2.53 bits per heavy atom. The van der Waals surface area contributed by atoms with Crippen LogP contribution in [0.4, 0.5) is 0 Å². The maximum atomic E-state index is 12.5. The lowest BCUT2D eigenvalue weighted by atomic mass is 9.96. The molecule has 0 aliphatic carbocycles. The molecule has 0 radical (unpaired) electrons. The first kappa shape index (κ1) is 14.8. The molecule has 2 heterocycles. The quantitative estimate of drug-likeness (QED) is 0.817. The van der Waals surface area contributed by atoms with Crippen molar-refractivity contribution in [3.63, 3.8) is 0 Å². The zero-order valence-electron chi connectivity index (χ0n) is 12.5. The summed E-state index contributed by atoms with van der Waals surface area (Å²) < 4.78 is 0. The van der Waals surface area contributed by atoms with E-state index in [0.29, 0.717) is 18.5 Å². The van der Waals surface area contributed by atoms with Crippen LogP contribution in [0.1, 0.15) is 39.5 Å². The van der Waals surface area contributed by atoms with Crippen LogP contribution in [0.2, 0.25) is 0 Å². The number of amides is 1. The van der Waals surface area contributed by atoms with Gasteiger partial charge in [-0.15, -0.1) is 0 Å². The van der Waals surface area contributed by atoms with Crippen LogP contribution in [0.3, 0.4) is 0 Å². The van der Waals surface area contributed by atoms with E-state index in [1.165, 1.54) is 25.9 Å². The van der Waals surface area contributed by atoms with Crippen LogP contribution in [0, 0.1) is 11.8 Å². The number of carbonyl (C=O) groups excluding carboxylic acids is 1. The maximum absolute atomic E-state index is 12.5. The van der Waals surface area contributed by atoms with Crippen LogP contribution in [-0.2, 0) is 4.79 Å². The highest BCUT2D eigenvalue weighted by molar-refractivity contribution is 5.79. The summed E-state index contributed by atoms with van der Waals surface area (Å²) in [6, 6.07) is 0.601. The Bertz CT molecular complexity index is 300. The lowest BCUT2D eigenvalue weighted by Gasteiger charge is -2.26. The van der Waals surface area contributed by atoms with Crippen molar-refractivity contribution in [2.75, 3.05) is 32.7 Å². The summed E-state index contributed by atoms with van der Waals surface area (Å²) in [7, 11) is 0. The molecule has 0 aromatic carbocycles. The van der Waals surface area contributed by atoms with Crippen LogP contribution in [0.25, 0.3) is 0 Å². The number of likely N-dealkylation sites (tertiary alicyclic amines) is 2. The van der Waals surface area contributed by atoms with Crippen LogP contribution >= 0.6 is 0 Å². The molecule has 2 N–H and O–H groups in total. The van der Waals surface area contributed by atoms with Gasteiger partial charge >= 0.3 is 0 Å². The van der Waals surface area contributed by atoms with Gasteiger partial charge in [-0.3, -0.25) is 9.69 Å². The molecule has 2 aliphatic rings. The zero-order chi connectivity index (χ0) is 13.8. The molecule has 0 aromatic rings. The molecule has 0 aromatic heterocycles. The second kappa shape index (κ2) is 6.71. The highest BCUT2D eigenvalue weighted by atomic mass is 16.2. The van der Waals surface area contributed by atoms with Crippen molar-refractivity contribution >= 4 is 5.91 Å². The van der Waals surface area contributed by atoms with E-state index in [2.05, 4.69) is 23.6 Å². The number of rotatable bonds is 5. The Labute approximate surface area is 117 Å². The van der Waals surface area contributed by atoms with Gasteiger partial charge < -0.3 is 10.6 Å². The third-order valence-electron chi connectivity index (χ3n) is 4.52. The van der Waals surface area contributed by atoms with Gasteiger partial charge in [0.05, 0.1) is 5.92 Å². The van der Waals surface area contributed by atoms with E-state index in [4.69, 9.17) is 5.73 Å². The fourth-order valence-corrected chi connectivity index (χ4v) is 3.47. The monoisotopic (exact) mass is 267 g/mol. The summed E-state index contributed by atoms with van der Waals surface area (Å²) in [4.78, 5) is 17.1. The van der Waals surface area contributed by atoms with Crippen LogP contribution in [-0.4, -0.2) is 54.5 Å². The standard InChI is InChI=1S/C15H29N3O/c1-12(2)9-13(10-16)15(19)18-8-5-14(11-18)17-6-3-4-7-17/h12-14H,3-11,16H2,1-2H3. The fraction of sp³-hybridized carbons (Fsp3) is 0.933. The third-order valence-corrected chi connectivity index (χ3v) is 4.52. The second-order valence-electron chi connectivity index (χ2n) is 6.53. The van der Waals surface area contributed by atoms with E-state index in [1.807, 2.05) is 0 Å². The minimum absolute atomic E-state index is 0.0253. The van der Waals surface area contributed by atoms with Crippen molar-refractivity contribution in [2.24, 2.45) is 17.6 Å². The Kier molecular flexibility index (Phi) is 5.22. The van der Waals surface area contributed by atoms with Gasteiger partial charge in [-0.1, -0.05) is 13.8 Å². The molecule has 2 atom stereocenters. The largest absolute Gasteiger partial charge is 0.341 e. The average Bonchev–Trinajstić information content (AvgIpc) is 3.04. The molecule has 2 aliphatic heterocycles.